The standard InChI is InChI=1S/C32H40N4O5/c1-22(23-10-4-2-5-11-23)33-32(40)41-31-26-14-8-9-15-28(26)34-30(24-12-6-3-7-13-24)27(31)19-35-16-17-36(29(39)20-35)18-25(38)21-37/h3,6-9,12-15,22-23,25,37-38H,2,4-5,10-11,16-21H2,1H3,(H,33,40)/t22-,25+/m0/s1. The van der Waals surface area contributed by atoms with E-state index in [-0.39, 0.29) is 25.0 Å². The summed E-state index contributed by atoms with van der Waals surface area (Å²) in [7, 11) is 0. The van der Waals surface area contributed by atoms with Gasteiger partial charge >= 0.3 is 6.09 Å². The SMILES string of the molecule is C[C@H](NC(=O)Oc1c(CN2CCN(C[C@@H](O)CO)C(=O)C2)c(-c2ccccc2)nc2ccccc12)C1CCCCC1. The van der Waals surface area contributed by atoms with Crippen molar-refractivity contribution in [1.82, 2.24) is 20.1 Å². The van der Waals surface area contributed by atoms with Gasteiger partial charge < -0.3 is 25.2 Å². The van der Waals surface area contributed by atoms with Crippen LogP contribution in [0.1, 0.15) is 44.6 Å². The van der Waals surface area contributed by atoms with Gasteiger partial charge in [-0.15, -0.1) is 0 Å². The zero-order valence-electron chi connectivity index (χ0n) is 23.7. The monoisotopic (exact) mass is 560 g/mol. The summed E-state index contributed by atoms with van der Waals surface area (Å²) in [6.45, 7) is 3.25. The van der Waals surface area contributed by atoms with Crippen LogP contribution in [0.4, 0.5) is 4.79 Å². The number of aromatic nitrogens is 1. The van der Waals surface area contributed by atoms with Crippen LogP contribution in [-0.2, 0) is 11.3 Å². The van der Waals surface area contributed by atoms with Crippen LogP contribution in [0.5, 0.6) is 5.75 Å². The van der Waals surface area contributed by atoms with Crippen molar-refractivity contribution in [2.75, 3.05) is 32.8 Å². The highest BCUT2D eigenvalue weighted by molar-refractivity contribution is 5.92. The van der Waals surface area contributed by atoms with E-state index in [0.29, 0.717) is 37.0 Å². The molecule has 3 N–H and O–H groups in total. The average molecular weight is 561 g/mol. The topological polar surface area (TPSA) is 115 Å². The Morgan fingerprint density at radius 2 is 1.80 bits per heavy atom. The van der Waals surface area contributed by atoms with E-state index in [1.807, 2.05) is 59.5 Å². The molecular weight excluding hydrogens is 520 g/mol. The fourth-order valence-electron chi connectivity index (χ4n) is 6.00. The molecule has 1 aliphatic carbocycles. The number of hydrogen-bond acceptors (Lipinski definition) is 7. The molecule has 1 aliphatic heterocycles. The number of benzene rings is 2. The number of piperazine rings is 1. The molecule has 9 nitrogen and oxygen atoms in total. The highest BCUT2D eigenvalue weighted by atomic mass is 16.6. The first kappa shape index (κ1) is 29.0. The zero-order chi connectivity index (χ0) is 28.8. The maximum Gasteiger partial charge on any atom is 0.412 e. The molecule has 1 saturated carbocycles. The number of ether oxygens (including phenoxy) is 1. The molecule has 0 bridgehead atoms. The van der Waals surface area contributed by atoms with Gasteiger partial charge in [0.25, 0.3) is 0 Å². The lowest BCUT2D eigenvalue weighted by Crippen LogP contribution is -2.52. The van der Waals surface area contributed by atoms with Crippen molar-refractivity contribution in [2.45, 2.75) is 57.7 Å². The fraction of sp³-hybridized carbons (Fsp3) is 0.469. The number of nitrogens with zero attached hydrogens (tertiary/aromatic N) is 3. The normalized spacial score (nSPS) is 18.3. The first-order valence-electron chi connectivity index (χ1n) is 14.7. The molecule has 2 atom stereocenters. The van der Waals surface area contributed by atoms with Gasteiger partial charge in [-0.3, -0.25) is 9.69 Å². The van der Waals surface area contributed by atoms with Crippen molar-refractivity contribution in [1.29, 1.82) is 0 Å². The third-order valence-corrected chi connectivity index (χ3v) is 8.31. The predicted molar refractivity (Wildman–Crippen MR) is 157 cm³/mol. The van der Waals surface area contributed by atoms with Gasteiger partial charge in [0.15, 0.2) is 0 Å². The molecule has 218 valence electrons. The van der Waals surface area contributed by atoms with E-state index in [2.05, 4.69) is 12.2 Å². The number of aliphatic hydroxyl groups excluding tert-OH is 2. The predicted octanol–water partition coefficient (Wildman–Crippen LogP) is 3.96. The summed E-state index contributed by atoms with van der Waals surface area (Å²) in [4.78, 5) is 34.9. The summed E-state index contributed by atoms with van der Waals surface area (Å²) in [6.07, 6.45) is 4.40. The van der Waals surface area contributed by atoms with E-state index >= 15 is 0 Å². The van der Waals surface area contributed by atoms with Crippen LogP contribution in [0.3, 0.4) is 0 Å². The van der Waals surface area contributed by atoms with E-state index in [1.165, 1.54) is 19.3 Å². The van der Waals surface area contributed by atoms with Gasteiger partial charge in [-0.05, 0) is 37.8 Å². The molecule has 41 heavy (non-hydrogen) atoms. The Hall–Kier alpha value is -3.53. The smallest absolute Gasteiger partial charge is 0.409 e. The van der Waals surface area contributed by atoms with E-state index in [4.69, 9.17) is 9.72 Å². The number of pyridine rings is 1. The minimum absolute atomic E-state index is 0.00733. The summed E-state index contributed by atoms with van der Waals surface area (Å²) >= 11 is 0. The molecule has 2 fully saturated rings. The van der Waals surface area contributed by atoms with Gasteiger partial charge in [0.05, 0.1) is 30.5 Å². The molecule has 0 unspecified atom stereocenters. The van der Waals surface area contributed by atoms with Crippen molar-refractivity contribution >= 4 is 22.9 Å². The van der Waals surface area contributed by atoms with Crippen molar-refractivity contribution < 1.29 is 24.5 Å². The summed E-state index contributed by atoms with van der Waals surface area (Å²) in [5, 5.41) is 22.9. The molecule has 1 aromatic heterocycles. The van der Waals surface area contributed by atoms with Gasteiger partial charge in [-0.25, -0.2) is 9.78 Å². The summed E-state index contributed by atoms with van der Waals surface area (Å²) in [6, 6.07) is 17.5. The number of β-amino-alcohol motifs (C(OH)–C–C–N with tert-alkyl or cyclic N) is 1. The Morgan fingerprint density at radius 3 is 2.54 bits per heavy atom. The number of para-hydroxylation sites is 1. The highest BCUT2D eigenvalue weighted by Gasteiger charge is 2.29. The Morgan fingerprint density at radius 1 is 1.07 bits per heavy atom. The molecule has 2 amide bonds. The number of amides is 2. The highest BCUT2D eigenvalue weighted by Crippen LogP contribution is 2.37. The third kappa shape index (κ3) is 7.04. The lowest BCUT2D eigenvalue weighted by atomic mass is 9.85. The number of fused-ring (bicyclic) bond motifs is 1. The average Bonchev–Trinajstić information content (AvgIpc) is 3.00. The van der Waals surface area contributed by atoms with Crippen LogP contribution in [0.2, 0.25) is 0 Å². The van der Waals surface area contributed by atoms with Crippen LogP contribution in [0.15, 0.2) is 54.6 Å². The number of carbonyl (C=O) groups excluding carboxylic acids is 2. The number of carbonyl (C=O) groups is 2. The number of rotatable bonds is 9. The molecule has 2 aliphatic rings. The third-order valence-electron chi connectivity index (χ3n) is 8.31. The van der Waals surface area contributed by atoms with Crippen LogP contribution in [0, 0.1) is 5.92 Å². The molecule has 0 radical (unpaired) electrons. The van der Waals surface area contributed by atoms with E-state index < -0.39 is 18.8 Å². The van der Waals surface area contributed by atoms with Gasteiger partial charge in [-0.1, -0.05) is 61.7 Å². The molecule has 2 heterocycles. The summed E-state index contributed by atoms with van der Waals surface area (Å²) in [5.41, 5.74) is 3.06. The van der Waals surface area contributed by atoms with Gasteiger partial charge in [0.2, 0.25) is 5.91 Å². The second-order valence-corrected chi connectivity index (χ2v) is 11.3. The second kappa shape index (κ2) is 13.4. The molecule has 3 aromatic rings. The zero-order valence-corrected chi connectivity index (χ0v) is 23.7. The van der Waals surface area contributed by atoms with Gasteiger partial charge in [0, 0.05) is 48.7 Å². The summed E-state index contributed by atoms with van der Waals surface area (Å²) < 4.78 is 6.17. The first-order valence-corrected chi connectivity index (χ1v) is 14.7. The van der Waals surface area contributed by atoms with Crippen molar-refractivity contribution in [3.63, 3.8) is 0 Å². The molecule has 0 spiro atoms. The Labute approximate surface area is 241 Å². The van der Waals surface area contributed by atoms with Crippen LogP contribution in [0.25, 0.3) is 22.2 Å². The maximum atomic E-state index is 13.4. The molecule has 2 aromatic carbocycles. The van der Waals surface area contributed by atoms with Gasteiger partial charge in [0.1, 0.15) is 5.75 Å². The molecule has 1 saturated heterocycles. The largest absolute Gasteiger partial charge is 0.412 e. The van der Waals surface area contributed by atoms with Crippen LogP contribution in [-0.4, -0.2) is 81.9 Å². The van der Waals surface area contributed by atoms with Crippen molar-refractivity contribution in [3.8, 4) is 17.0 Å². The minimum Gasteiger partial charge on any atom is -0.409 e. The minimum atomic E-state index is -0.964. The number of hydrogen-bond donors (Lipinski definition) is 3. The maximum absolute atomic E-state index is 13.4. The molecule has 5 rings (SSSR count). The first-order chi connectivity index (χ1) is 19.9. The van der Waals surface area contributed by atoms with Crippen molar-refractivity contribution in [3.05, 3.63) is 60.2 Å². The summed E-state index contributed by atoms with van der Waals surface area (Å²) in [5.74, 6) is 0.769. The lowest BCUT2D eigenvalue weighted by Gasteiger charge is -2.35. The van der Waals surface area contributed by atoms with E-state index in [0.717, 1.165) is 34.9 Å². The Balaban J connectivity index is 1.47. The quantitative estimate of drug-likeness (QED) is 0.363. The Bertz CT molecular complexity index is 1340. The van der Waals surface area contributed by atoms with Crippen LogP contribution >= 0.6 is 0 Å². The fourth-order valence-corrected chi connectivity index (χ4v) is 6.00. The van der Waals surface area contributed by atoms with Crippen LogP contribution < -0.4 is 10.1 Å². The van der Waals surface area contributed by atoms with Crippen molar-refractivity contribution in [2.24, 2.45) is 5.92 Å². The van der Waals surface area contributed by atoms with E-state index in [9.17, 15) is 19.8 Å². The van der Waals surface area contributed by atoms with E-state index in [1.54, 1.807) is 4.90 Å². The Kier molecular flexibility index (Phi) is 9.49. The molecule has 9 heteroatoms. The lowest BCUT2D eigenvalue weighted by molar-refractivity contribution is -0.138. The second-order valence-electron chi connectivity index (χ2n) is 11.3. The molecular formula is C32H40N4O5. The number of nitrogens with one attached hydrogen (secondary N) is 1. The van der Waals surface area contributed by atoms with Gasteiger partial charge in [-0.2, -0.15) is 0 Å². The number of aliphatic hydroxyl groups is 2.